The predicted octanol–water partition coefficient (Wildman–Crippen LogP) is 2.95. The number of rotatable bonds is 5. The highest BCUT2D eigenvalue weighted by atomic mass is 16.2. The second-order valence-electron chi connectivity index (χ2n) is 5.79. The highest BCUT2D eigenvalue weighted by Crippen LogP contribution is 2.19. The zero-order valence-corrected chi connectivity index (χ0v) is 13.6. The molecule has 22 heavy (non-hydrogen) atoms. The molecule has 5 nitrogen and oxygen atoms in total. The first kappa shape index (κ1) is 16.1. The van der Waals surface area contributed by atoms with E-state index in [1.54, 1.807) is 12.5 Å². The summed E-state index contributed by atoms with van der Waals surface area (Å²) in [5.74, 6) is 0. The van der Waals surface area contributed by atoms with Crippen molar-refractivity contribution in [3.8, 4) is 0 Å². The minimum Gasteiger partial charge on any atom is -0.335 e. The van der Waals surface area contributed by atoms with Crippen molar-refractivity contribution in [3.05, 3.63) is 53.6 Å². The number of amides is 2. The number of urea groups is 1. The van der Waals surface area contributed by atoms with Crippen molar-refractivity contribution in [3.63, 3.8) is 0 Å². The van der Waals surface area contributed by atoms with Gasteiger partial charge in [0.1, 0.15) is 0 Å². The van der Waals surface area contributed by atoms with E-state index in [9.17, 15) is 4.79 Å². The maximum absolute atomic E-state index is 12.1. The summed E-state index contributed by atoms with van der Waals surface area (Å²) in [4.78, 5) is 16.1. The zero-order chi connectivity index (χ0) is 16.1. The Morgan fingerprint density at radius 3 is 2.73 bits per heavy atom. The third-order valence-corrected chi connectivity index (χ3v) is 3.88. The summed E-state index contributed by atoms with van der Waals surface area (Å²) in [6.45, 7) is 8.84. The van der Waals surface area contributed by atoms with Gasteiger partial charge in [-0.25, -0.2) is 9.78 Å². The average Bonchev–Trinajstić information content (AvgIpc) is 2.94. The van der Waals surface area contributed by atoms with Crippen molar-refractivity contribution in [1.29, 1.82) is 0 Å². The number of aromatic nitrogens is 2. The van der Waals surface area contributed by atoms with Gasteiger partial charge in [0, 0.05) is 25.0 Å². The molecule has 0 aliphatic rings. The molecule has 0 aliphatic heterocycles. The van der Waals surface area contributed by atoms with E-state index in [0.29, 0.717) is 6.54 Å². The summed E-state index contributed by atoms with van der Waals surface area (Å²) < 4.78 is 1.94. The fourth-order valence-corrected chi connectivity index (χ4v) is 2.54. The van der Waals surface area contributed by atoms with Gasteiger partial charge in [0.05, 0.1) is 12.4 Å². The molecular weight excluding hydrogens is 276 g/mol. The summed E-state index contributed by atoms with van der Waals surface area (Å²) in [6.07, 6.45) is 5.36. The normalized spacial score (nSPS) is 13.5. The summed E-state index contributed by atoms with van der Waals surface area (Å²) >= 11 is 0. The highest BCUT2D eigenvalue weighted by Gasteiger charge is 2.14. The van der Waals surface area contributed by atoms with Crippen LogP contribution in [0.3, 0.4) is 0 Å². The van der Waals surface area contributed by atoms with Crippen LogP contribution in [0.5, 0.6) is 0 Å². The summed E-state index contributed by atoms with van der Waals surface area (Å²) in [6, 6.07) is 6.01. The van der Waals surface area contributed by atoms with Gasteiger partial charge < -0.3 is 15.2 Å². The van der Waals surface area contributed by atoms with E-state index < -0.39 is 0 Å². The number of imidazole rings is 1. The van der Waals surface area contributed by atoms with Crippen molar-refractivity contribution in [2.75, 3.05) is 0 Å². The van der Waals surface area contributed by atoms with Crippen LogP contribution in [0, 0.1) is 13.8 Å². The molecule has 2 atom stereocenters. The van der Waals surface area contributed by atoms with Crippen LogP contribution in [0.4, 0.5) is 4.79 Å². The molecule has 0 bridgehead atoms. The zero-order valence-electron chi connectivity index (χ0n) is 13.6. The number of hydrogen-bond donors (Lipinski definition) is 2. The maximum atomic E-state index is 12.1. The Morgan fingerprint density at radius 2 is 2.05 bits per heavy atom. The van der Waals surface area contributed by atoms with E-state index in [1.165, 1.54) is 11.1 Å². The van der Waals surface area contributed by atoms with Crippen molar-refractivity contribution < 1.29 is 4.79 Å². The van der Waals surface area contributed by atoms with Gasteiger partial charge in [-0.1, -0.05) is 18.2 Å². The molecule has 0 fully saturated rings. The molecule has 1 aromatic carbocycles. The van der Waals surface area contributed by atoms with Gasteiger partial charge in [0.15, 0.2) is 0 Å². The Kier molecular flexibility index (Phi) is 5.20. The number of hydrogen-bond acceptors (Lipinski definition) is 2. The van der Waals surface area contributed by atoms with E-state index in [-0.39, 0.29) is 18.1 Å². The average molecular weight is 300 g/mol. The van der Waals surface area contributed by atoms with Crippen molar-refractivity contribution in [2.45, 2.75) is 46.3 Å². The molecule has 2 unspecified atom stereocenters. The topological polar surface area (TPSA) is 59.0 Å². The quantitative estimate of drug-likeness (QED) is 0.892. The molecule has 1 heterocycles. The first-order valence-corrected chi connectivity index (χ1v) is 7.56. The first-order chi connectivity index (χ1) is 10.5. The van der Waals surface area contributed by atoms with Crippen molar-refractivity contribution in [1.82, 2.24) is 20.2 Å². The predicted molar refractivity (Wildman–Crippen MR) is 87.7 cm³/mol. The number of carbonyl (C=O) groups excluding carboxylic acids is 1. The molecule has 1 aromatic heterocycles. The smallest absolute Gasteiger partial charge is 0.315 e. The van der Waals surface area contributed by atoms with Crippen LogP contribution in [-0.2, 0) is 6.54 Å². The number of nitrogens with one attached hydrogen (secondary N) is 2. The number of aryl methyl sites for hydroxylation is 1. The largest absolute Gasteiger partial charge is 0.335 e. The molecule has 0 aliphatic carbocycles. The van der Waals surface area contributed by atoms with E-state index >= 15 is 0 Å². The van der Waals surface area contributed by atoms with E-state index in [4.69, 9.17) is 0 Å². The molecule has 2 rings (SSSR count). The second-order valence-corrected chi connectivity index (χ2v) is 5.79. The lowest BCUT2D eigenvalue weighted by Crippen LogP contribution is -2.43. The molecule has 0 saturated heterocycles. The Hall–Kier alpha value is -2.30. The minimum absolute atomic E-state index is 0.0275. The van der Waals surface area contributed by atoms with Crippen LogP contribution >= 0.6 is 0 Å². The van der Waals surface area contributed by atoms with Crippen LogP contribution in [0.2, 0.25) is 0 Å². The lowest BCUT2D eigenvalue weighted by atomic mass is 9.98. The van der Waals surface area contributed by atoms with Crippen LogP contribution < -0.4 is 10.6 Å². The molecule has 5 heteroatoms. The van der Waals surface area contributed by atoms with E-state index in [2.05, 4.69) is 41.6 Å². The van der Waals surface area contributed by atoms with Gasteiger partial charge in [-0.3, -0.25) is 0 Å². The molecule has 2 aromatic rings. The molecule has 0 spiro atoms. The first-order valence-electron chi connectivity index (χ1n) is 7.56. The molecule has 2 N–H and O–H groups in total. The van der Waals surface area contributed by atoms with Crippen molar-refractivity contribution >= 4 is 6.03 Å². The van der Waals surface area contributed by atoms with Gasteiger partial charge in [0.2, 0.25) is 0 Å². The van der Waals surface area contributed by atoms with Gasteiger partial charge >= 0.3 is 6.03 Å². The van der Waals surface area contributed by atoms with Gasteiger partial charge in [-0.05, 0) is 44.4 Å². The number of benzene rings is 1. The Morgan fingerprint density at radius 1 is 1.27 bits per heavy atom. The second kappa shape index (κ2) is 7.11. The molecular formula is C17H24N4O. The molecule has 118 valence electrons. The summed E-state index contributed by atoms with van der Waals surface area (Å²) in [7, 11) is 0. The summed E-state index contributed by atoms with van der Waals surface area (Å²) in [5.41, 5.74) is 3.61. The highest BCUT2D eigenvalue weighted by molar-refractivity contribution is 5.74. The fourth-order valence-electron chi connectivity index (χ4n) is 2.54. The van der Waals surface area contributed by atoms with Crippen LogP contribution in [0.1, 0.15) is 36.6 Å². The molecule has 2 amide bonds. The Balaban J connectivity index is 1.89. The van der Waals surface area contributed by atoms with Gasteiger partial charge in [-0.15, -0.1) is 0 Å². The van der Waals surface area contributed by atoms with E-state index in [1.807, 2.05) is 30.7 Å². The Bertz CT molecular complexity index is 622. The van der Waals surface area contributed by atoms with Gasteiger partial charge in [0.25, 0.3) is 0 Å². The number of nitrogens with zero attached hydrogens (tertiary/aromatic N) is 2. The fraction of sp³-hybridized carbons (Fsp3) is 0.412. The monoisotopic (exact) mass is 300 g/mol. The van der Waals surface area contributed by atoms with E-state index in [0.717, 1.165) is 5.56 Å². The lowest BCUT2D eigenvalue weighted by molar-refractivity contribution is 0.233. The van der Waals surface area contributed by atoms with Gasteiger partial charge in [-0.2, -0.15) is 0 Å². The van der Waals surface area contributed by atoms with Crippen LogP contribution in [-0.4, -0.2) is 21.6 Å². The molecule has 0 radical (unpaired) electrons. The third kappa shape index (κ3) is 4.10. The number of carbonyl (C=O) groups is 1. The van der Waals surface area contributed by atoms with Crippen LogP contribution in [0.25, 0.3) is 0 Å². The molecule has 0 saturated carbocycles. The lowest BCUT2D eigenvalue weighted by Gasteiger charge is -2.20. The minimum atomic E-state index is -0.152. The third-order valence-electron chi connectivity index (χ3n) is 3.88. The SMILES string of the molecule is Cc1cccc(C(C)NC(=O)NC(C)Cn2ccnc2)c1C. The Labute approximate surface area is 131 Å². The van der Waals surface area contributed by atoms with Crippen LogP contribution in [0.15, 0.2) is 36.9 Å². The maximum Gasteiger partial charge on any atom is 0.315 e. The van der Waals surface area contributed by atoms with Crippen molar-refractivity contribution in [2.24, 2.45) is 0 Å². The standard InChI is InChI=1S/C17H24N4O/c1-12-6-5-7-16(14(12)3)15(4)20-17(22)19-13(2)10-21-9-8-18-11-21/h5-9,11,13,15H,10H2,1-4H3,(H2,19,20,22). The summed E-state index contributed by atoms with van der Waals surface area (Å²) in [5, 5.41) is 5.95.